The standard InChI is InChI=1S/C16H23NO4/c1-6-21-15(18)17-10-12-8-14(20-5)13(19-4)7-11(12)9-16(17,2)3/h7-8H,6,9-10H2,1-5H3. The van der Waals surface area contributed by atoms with E-state index >= 15 is 0 Å². The van der Waals surface area contributed by atoms with Crippen molar-refractivity contribution in [1.82, 2.24) is 4.90 Å². The summed E-state index contributed by atoms with van der Waals surface area (Å²) in [5.74, 6) is 1.40. The fourth-order valence-corrected chi connectivity index (χ4v) is 2.73. The summed E-state index contributed by atoms with van der Waals surface area (Å²) in [4.78, 5) is 13.9. The lowest BCUT2D eigenvalue weighted by Crippen LogP contribution is -2.51. The van der Waals surface area contributed by atoms with Gasteiger partial charge < -0.3 is 14.2 Å². The molecule has 21 heavy (non-hydrogen) atoms. The monoisotopic (exact) mass is 293 g/mol. The lowest BCUT2D eigenvalue weighted by Gasteiger charge is -2.42. The molecule has 1 heterocycles. The highest BCUT2D eigenvalue weighted by Crippen LogP contribution is 2.37. The van der Waals surface area contributed by atoms with Crippen molar-refractivity contribution in [1.29, 1.82) is 0 Å². The van der Waals surface area contributed by atoms with Gasteiger partial charge in [0.15, 0.2) is 11.5 Å². The molecule has 0 saturated carbocycles. The molecule has 1 aromatic carbocycles. The van der Waals surface area contributed by atoms with E-state index in [-0.39, 0.29) is 11.6 Å². The van der Waals surface area contributed by atoms with E-state index in [0.717, 1.165) is 17.7 Å². The average molecular weight is 293 g/mol. The number of rotatable bonds is 3. The molecule has 0 saturated heterocycles. The van der Waals surface area contributed by atoms with Gasteiger partial charge in [0.2, 0.25) is 0 Å². The summed E-state index contributed by atoms with van der Waals surface area (Å²) in [6.45, 7) is 6.80. The first-order chi connectivity index (χ1) is 9.92. The molecule has 0 N–H and O–H groups in total. The Bertz CT molecular complexity index is 539. The van der Waals surface area contributed by atoms with Crippen LogP contribution in [0.1, 0.15) is 31.9 Å². The summed E-state index contributed by atoms with van der Waals surface area (Å²) in [5.41, 5.74) is 1.96. The van der Waals surface area contributed by atoms with Crippen LogP contribution in [-0.2, 0) is 17.7 Å². The second-order valence-electron chi connectivity index (χ2n) is 5.75. The molecule has 0 radical (unpaired) electrons. The Labute approximate surface area is 125 Å². The van der Waals surface area contributed by atoms with Crippen molar-refractivity contribution in [2.45, 2.75) is 39.3 Å². The molecule has 0 atom stereocenters. The zero-order chi connectivity index (χ0) is 15.6. The SMILES string of the molecule is CCOC(=O)N1Cc2cc(OC)c(OC)cc2CC1(C)C. The van der Waals surface area contributed by atoms with Crippen LogP contribution in [0.2, 0.25) is 0 Å². The number of nitrogens with zero attached hydrogens (tertiary/aromatic N) is 1. The lowest BCUT2D eigenvalue weighted by atomic mass is 9.85. The molecular formula is C16H23NO4. The van der Waals surface area contributed by atoms with Crippen LogP contribution in [0.25, 0.3) is 0 Å². The van der Waals surface area contributed by atoms with E-state index in [1.807, 2.05) is 32.9 Å². The third-order valence-electron chi connectivity index (χ3n) is 3.88. The molecule has 0 bridgehead atoms. The first kappa shape index (κ1) is 15.5. The number of amides is 1. The zero-order valence-electron chi connectivity index (χ0n) is 13.4. The Kier molecular flexibility index (Phi) is 4.30. The van der Waals surface area contributed by atoms with Crippen molar-refractivity contribution in [3.05, 3.63) is 23.3 Å². The number of benzene rings is 1. The van der Waals surface area contributed by atoms with Crippen LogP contribution in [-0.4, -0.2) is 37.4 Å². The molecule has 0 spiro atoms. The summed E-state index contributed by atoms with van der Waals surface area (Å²) >= 11 is 0. The highest BCUT2D eigenvalue weighted by molar-refractivity contribution is 5.69. The topological polar surface area (TPSA) is 48.0 Å². The summed E-state index contributed by atoms with van der Waals surface area (Å²) in [7, 11) is 3.24. The third-order valence-corrected chi connectivity index (χ3v) is 3.88. The molecule has 1 aromatic rings. The highest BCUT2D eigenvalue weighted by atomic mass is 16.6. The predicted octanol–water partition coefficient (Wildman–Crippen LogP) is 3.00. The van der Waals surface area contributed by atoms with Crippen molar-refractivity contribution in [2.24, 2.45) is 0 Å². The van der Waals surface area contributed by atoms with Crippen LogP contribution in [0.4, 0.5) is 4.79 Å². The Balaban J connectivity index is 2.39. The Morgan fingerprint density at radius 3 is 2.29 bits per heavy atom. The minimum absolute atomic E-state index is 0.275. The predicted molar refractivity (Wildman–Crippen MR) is 79.9 cm³/mol. The van der Waals surface area contributed by atoms with E-state index in [9.17, 15) is 4.79 Å². The number of carbonyl (C=O) groups is 1. The van der Waals surface area contributed by atoms with Gasteiger partial charge in [0.05, 0.1) is 20.8 Å². The maximum absolute atomic E-state index is 12.1. The van der Waals surface area contributed by atoms with Crippen LogP contribution in [0.3, 0.4) is 0 Å². The lowest BCUT2D eigenvalue weighted by molar-refractivity contribution is 0.0548. The number of carbonyl (C=O) groups excluding carboxylic acids is 1. The van der Waals surface area contributed by atoms with E-state index in [2.05, 4.69) is 0 Å². The summed E-state index contributed by atoms with van der Waals surface area (Å²) in [6.07, 6.45) is 0.476. The number of hydrogen-bond acceptors (Lipinski definition) is 4. The van der Waals surface area contributed by atoms with Gasteiger partial charge in [-0.2, -0.15) is 0 Å². The summed E-state index contributed by atoms with van der Waals surface area (Å²) in [6, 6.07) is 3.94. The molecule has 0 unspecified atom stereocenters. The normalized spacial score (nSPS) is 16.1. The number of fused-ring (bicyclic) bond motifs is 1. The minimum atomic E-state index is -0.293. The van der Waals surface area contributed by atoms with Gasteiger partial charge in [-0.3, -0.25) is 4.90 Å². The van der Waals surface area contributed by atoms with Crippen molar-refractivity contribution in [3.8, 4) is 11.5 Å². The molecule has 116 valence electrons. The van der Waals surface area contributed by atoms with Crippen LogP contribution < -0.4 is 9.47 Å². The Morgan fingerprint density at radius 2 is 1.76 bits per heavy atom. The number of ether oxygens (including phenoxy) is 3. The second kappa shape index (κ2) is 5.84. The van der Waals surface area contributed by atoms with Crippen LogP contribution in [0.5, 0.6) is 11.5 Å². The largest absolute Gasteiger partial charge is 0.493 e. The van der Waals surface area contributed by atoms with Gasteiger partial charge in [0, 0.05) is 12.1 Å². The van der Waals surface area contributed by atoms with Gasteiger partial charge >= 0.3 is 6.09 Å². The van der Waals surface area contributed by atoms with E-state index in [0.29, 0.717) is 18.9 Å². The first-order valence-corrected chi connectivity index (χ1v) is 7.11. The fraction of sp³-hybridized carbons (Fsp3) is 0.562. The van der Waals surface area contributed by atoms with Gasteiger partial charge in [0.1, 0.15) is 0 Å². The Hall–Kier alpha value is -1.91. The molecule has 2 rings (SSSR count). The van der Waals surface area contributed by atoms with Crippen LogP contribution in [0.15, 0.2) is 12.1 Å². The van der Waals surface area contributed by atoms with E-state index in [4.69, 9.17) is 14.2 Å². The quantitative estimate of drug-likeness (QED) is 0.859. The van der Waals surface area contributed by atoms with Gasteiger partial charge in [-0.05, 0) is 50.5 Å². The zero-order valence-corrected chi connectivity index (χ0v) is 13.4. The van der Waals surface area contributed by atoms with Gasteiger partial charge in [-0.15, -0.1) is 0 Å². The van der Waals surface area contributed by atoms with E-state index in [1.54, 1.807) is 19.1 Å². The van der Waals surface area contributed by atoms with E-state index in [1.165, 1.54) is 5.56 Å². The van der Waals surface area contributed by atoms with E-state index < -0.39 is 0 Å². The maximum Gasteiger partial charge on any atom is 0.410 e. The van der Waals surface area contributed by atoms with Gasteiger partial charge in [-0.25, -0.2) is 4.79 Å². The molecule has 0 aliphatic carbocycles. The van der Waals surface area contributed by atoms with Crippen molar-refractivity contribution in [3.63, 3.8) is 0 Å². The molecule has 0 fully saturated rings. The van der Waals surface area contributed by atoms with Crippen LogP contribution in [0, 0.1) is 0 Å². The molecule has 5 nitrogen and oxygen atoms in total. The molecular weight excluding hydrogens is 270 g/mol. The molecule has 1 aliphatic rings. The first-order valence-electron chi connectivity index (χ1n) is 7.11. The summed E-state index contributed by atoms with van der Waals surface area (Å²) < 4.78 is 15.9. The molecule has 1 aliphatic heterocycles. The highest BCUT2D eigenvalue weighted by Gasteiger charge is 2.37. The maximum atomic E-state index is 12.1. The van der Waals surface area contributed by atoms with Crippen LogP contribution >= 0.6 is 0 Å². The molecule has 1 amide bonds. The van der Waals surface area contributed by atoms with Crippen molar-refractivity contribution >= 4 is 6.09 Å². The summed E-state index contributed by atoms with van der Waals surface area (Å²) in [5, 5.41) is 0. The van der Waals surface area contributed by atoms with Gasteiger partial charge in [0.25, 0.3) is 0 Å². The average Bonchev–Trinajstić information content (AvgIpc) is 2.44. The van der Waals surface area contributed by atoms with Gasteiger partial charge in [-0.1, -0.05) is 0 Å². The molecule has 0 aromatic heterocycles. The number of methoxy groups -OCH3 is 2. The fourth-order valence-electron chi connectivity index (χ4n) is 2.73. The van der Waals surface area contributed by atoms with Crippen molar-refractivity contribution < 1.29 is 19.0 Å². The van der Waals surface area contributed by atoms with Crippen molar-refractivity contribution in [2.75, 3.05) is 20.8 Å². The molecule has 5 heteroatoms. The second-order valence-corrected chi connectivity index (χ2v) is 5.75. The Morgan fingerprint density at radius 1 is 1.19 bits per heavy atom. The number of hydrogen-bond donors (Lipinski definition) is 0. The smallest absolute Gasteiger partial charge is 0.410 e. The third kappa shape index (κ3) is 2.91. The minimum Gasteiger partial charge on any atom is -0.493 e.